The van der Waals surface area contributed by atoms with Crippen molar-refractivity contribution in [2.45, 2.75) is 18.0 Å². The third kappa shape index (κ3) is 2.97. The number of rotatable bonds is 3. The lowest BCUT2D eigenvalue weighted by molar-refractivity contribution is 0.0666. The number of benzene rings is 3. The van der Waals surface area contributed by atoms with Gasteiger partial charge in [-0.05, 0) is 40.8 Å². The molecule has 1 fully saturated rings. The predicted octanol–water partition coefficient (Wildman–Crippen LogP) is 6.83. The van der Waals surface area contributed by atoms with E-state index in [1.54, 1.807) is 24.3 Å². The van der Waals surface area contributed by atoms with Crippen LogP contribution in [-0.2, 0) is 0 Å². The topological polar surface area (TPSA) is 54.5 Å². The molecule has 0 radical (unpaired) electrons. The van der Waals surface area contributed by atoms with Gasteiger partial charge in [-0.25, -0.2) is 0 Å². The number of nitrogens with zero attached hydrogens (tertiary/aromatic N) is 1. The highest BCUT2D eigenvalue weighted by Crippen LogP contribution is 2.61. The average molecular weight is 566 g/mol. The van der Waals surface area contributed by atoms with Gasteiger partial charge in [0.05, 0.1) is 10.9 Å². The molecule has 0 unspecified atom stereocenters. The largest absolute Gasteiger partial charge is 0.352 e. The summed E-state index contributed by atoms with van der Waals surface area (Å²) in [5, 5.41) is 1.88. The highest BCUT2D eigenvalue weighted by atomic mass is 79.9. The van der Waals surface area contributed by atoms with Crippen molar-refractivity contribution in [3.63, 3.8) is 0 Å². The summed E-state index contributed by atoms with van der Waals surface area (Å²) >= 11 is 4.90. The molecule has 0 saturated carbocycles. The minimum Gasteiger partial charge on any atom is -0.352 e. The second kappa shape index (κ2) is 8.20. The van der Waals surface area contributed by atoms with Gasteiger partial charge in [-0.3, -0.25) is 14.4 Å². The Balaban J connectivity index is 1.56. The Labute approximate surface area is 226 Å². The van der Waals surface area contributed by atoms with E-state index >= 15 is 0 Å². The lowest BCUT2D eigenvalue weighted by Crippen LogP contribution is -2.48. The van der Waals surface area contributed by atoms with Crippen LogP contribution >= 0.6 is 27.3 Å². The van der Waals surface area contributed by atoms with E-state index in [9.17, 15) is 14.4 Å². The summed E-state index contributed by atoms with van der Waals surface area (Å²) in [5.74, 6) is -1.17. The van der Waals surface area contributed by atoms with E-state index in [1.165, 1.54) is 11.3 Å². The molecule has 1 spiro atoms. The molecular weight excluding hydrogens is 546 g/mol. The maximum atomic E-state index is 14.5. The van der Waals surface area contributed by atoms with E-state index in [-0.39, 0.29) is 17.3 Å². The molecule has 0 amide bonds. The summed E-state index contributed by atoms with van der Waals surface area (Å²) in [6, 6.07) is 25.0. The molecule has 7 rings (SSSR count). The number of Topliss-reactive ketones (excluding diaryl/α,β-unsaturated/α-hetero) is 3. The van der Waals surface area contributed by atoms with Crippen LogP contribution in [0.15, 0.2) is 101 Å². The number of thiophene rings is 1. The quantitative estimate of drug-likeness (QED) is 0.202. The predicted molar refractivity (Wildman–Crippen MR) is 149 cm³/mol. The molecule has 0 N–H and O–H groups in total. The first kappa shape index (κ1) is 22.6. The Morgan fingerprint density at radius 2 is 1.51 bits per heavy atom. The van der Waals surface area contributed by atoms with Crippen LogP contribution in [0.2, 0.25) is 0 Å². The summed E-state index contributed by atoms with van der Waals surface area (Å²) in [4.78, 5) is 46.0. The molecule has 1 saturated heterocycles. The summed E-state index contributed by atoms with van der Waals surface area (Å²) in [7, 11) is 0. The molecule has 3 aromatic carbocycles. The molecule has 4 nitrogen and oxygen atoms in total. The van der Waals surface area contributed by atoms with Gasteiger partial charge in [0.2, 0.25) is 0 Å². The smallest absolute Gasteiger partial charge is 0.195 e. The Bertz CT molecular complexity index is 1590. The van der Waals surface area contributed by atoms with E-state index in [2.05, 4.69) is 15.9 Å². The van der Waals surface area contributed by atoms with Crippen LogP contribution in [0.3, 0.4) is 0 Å². The first-order valence-corrected chi connectivity index (χ1v) is 13.8. The number of fused-ring (bicyclic) bond motifs is 5. The van der Waals surface area contributed by atoms with Gasteiger partial charge < -0.3 is 4.90 Å². The molecule has 180 valence electrons. The molecule has 37 heavy (non-hydrogen) atoms. The third-order valence-corrected chi connectivity index (χ3v) is 9.39. The molecule has 4 aromatic rings. The molecule has 0 bridgehead atoms. The molecule has 3 aliphatic rings. The van der Waals surface area contributed by atoms with Crippen LogP contribution in [-0.4, -0.2) is 29.4 Å². The van der Waals surface area contributed by atoms with Crippen molar-refractivity contribution in [3.05, 3.63) is 128 Å². The monoisotopic (exact) mass is 565 g/mol. The molecule has 3 atom stereocenters. The summed E-state index contributed by atoms with van der Waals surface area (Å²) < 4.78 is 0.889. The number of hydrogen-bond acceptors (Lipinski definition) is 5. The summed E-state index contributed by atoms with van der Waals surface area (Å²) in [6.07, 6.45) is 3.94. The van der Waals surface area contributed by atoms with Gasteiger partial charge in [0, 0.05) is 27.2 Å². The van der Waals surface area contributed by atoms with E-state index in [0.717, 1.165) is 21.3 Å². The minimum absolute atomic E-state index is 0.0774. The van der Waals surface area contributed by atoms with Gasteiger partial charge in [0.15, 0.2) is 17.3 Å². The maximum Gasteiger partial charge on any atom is 0.195 e. The zero-order valence-electron chi connectivity index (χ0n) is 19.5. The number of anilines is 1. The van der Waals surface area contributed by atoms with Crippen molar-refractivity contribution < 1.29 is 14.4 Å². The van der Waals surface area contributed by atoms with Gasteiger partial charge in [-0.1, -0.05) is 88.7 Å². The number of para-hydroxylation sites is 1. The summed E-state index contributed by atoms with van der Waals surface area (Å²) in [5.41, 5.74) is 2.04. The van der Waals surface area contributed by atoms with Gasteiger partial charge >= 0.3 is 0 Å². The van der Waals surface area contributed by atoms with Crippen molar-refractivity contribution in [1.82, 2.24) is 0 Å². The third-order valence-electron chi connectivity index (χ3n) is 7.97. The van der Waals surface area contributed by atoms with Gasteiger partial charge in [-0.15, -0.1) is 11.3 Å². The number of hydrogen-bond donors (Lipinski definition) is 0. The second-order valence-electron chi connectivity index (χ2n) is 9.66. The number of carbonyl (C=O) groups is 3. The van der Waals surface area contributed by atoms with Crippen LogP contribution in [0.5, 0.6) is 0 Å². The van der Waals surface area contributed by atoms with E-state index < -0.39 is 23.4 Å². The van der Waals surface area contributed by atoms with Crippen molar-refractivity contribution in [3.8, 4) is 0 Å². The molecule has 1 aliphatic carbocycles. The standard InChI is InChI=1S/C31H20BrNO3S/c32-20-14-11-19(12-15-20)26-27(28(34)24-10-5-17-37-24)33-23-9-4-1-6-18(23)13-16-25(33)31(26)29(35)21-7-2-3-8-22(21)30(31)36/h1-17,25-27H/t25-,26+,27-/m1/s1. The Kier molecular flexibility index (Phi) is 5.00. The molecular formula is C31H20BrNO3S. The van der Waals surface area contributed by atoms with Crippen LogP contribution in [0.4, 0.5) is 5.69 Å². The van der Waals surface area contributed by atoms with E-state index in [1.807, 2.05) is 83.1 Å². The highest BCUT2D eigenvalue weighted by molar-refractivity contribution is 9.10. The first-order valence-electron chi connectivity index (χ1n) is 12.1. The normalized spacial score (nSPS) is 22.7. The number of carbonyl (C=O) groups excluding carboxylic acids is 3. The molecule has 3 heterocycles. The fourth-order valence-electron chi connectivity index (χ4n) is 6.53. The Morgan fingerprint density at radius 3 is 2.19 bits per heavy atom. The van der Waals surface area contributed by atoms with Gasteiger partial charge in [0.1, 0.15) is 11.5 Å². The SMILES string of the molecule is O=C(c1cccs1)[C@H]1[C@H](c2ccc(Br)cc2)C2(C(=O)c3ccccc3C2=O)[C@H]2C=Cc3ccccc3N12. The van der Waals surface area contributed by atoms with Crippen LogP contribution in [0.1, 0.15) is 47.4 Å². The van der Waals surface area contributed by atoms with Crippen LogP contribution in [0, 0.1) is 5.41 Å². The van der Waals surface area contributed by atoms with Crippen molar-refractivity contribution in [2.24, 2.45) is 5.41 Å². The fourth-order valence-corrected chi connectivity index (χ4v) is 7.49. The molecule has 6 heteroatoms. The zero-order valence-corrected chi connectivity index (χ0v) is 21.9. The molecule has 1 aromatic heterocycles. The molecule has 2 aliphatic heterocycles. The Hall–Kier alpha value is -3.61. The van der Waals surface area contributed by atoms with Crippen LogP contribution < -0.4 is 4.90 Å². The second-order valence-corrected chi connectivity index (χ2v) is 11.5. The van der Waals surface area contributed by atoms with Crippen molar-refractivity contribution in [1.29, 1.82) is 0 Å². The van der Waals surface area contributed by atoms with Gasteiger partial charge in [-0.2, -0.15) is 0 Å². The zero-order chi connectivity index (χ0) is 25.3. The lowest BCUT2D eigenvalue weighted by atomic mass is 9.64. The number of halogens is 1. The lowest BCUT2D eigenvalue weighted by Gasteiger charge is -2.37. The highest BCUT2D eigenvalue weighted by Gasteiger charge is 2.71. The summed E-state index contributed by atoms with van der Waals surface area (Å²) in [6.45, 7) is 0. The first-order chi connectivity index (χ1) is 18.0. The average Bonchev–Trinajstić information content (AvgIpc) is 3.63. The maximum absolute atomic E-state index is 14.5. The minimum atomic E-state index is -1.46. The van der Waals surface area contributed by atoms with E-state index in [0.29, 0.717) is 16.0 Å². The Morgan fingerprint density at radius 1 is 0.838 bits per heavy atom. The van der Waals surface area contributed by atoms with E-state index in [4.69, 9.17) is 0 Å². The van der Waals surface area contributed by atoms with Crippen LogP contribution in [0.25, 0.3) is 6.08 Å². The fraction of sp³-hybridized carbons (Fsp3) is 0.129. The van der Waals surface area contributed by atoms with Crippen molar-refractivity contribution >= 4 is 56.4 Å². The number of ketones is 3. The van der Waals surface area contributed by atoms with Crippen molar-refractivity contribution in [2.75, 3.05) is 4.90 Å². The van der Waals surface area contributed by atoms with Gasteiger partial charge in [0.25, 0.3) is 0 Å².